The molecule has 4 rings (SSSR count). The number of carbonyl (C=O) groups is 2. The summed E-state index contributed by atoms with van der Waals surface area (Å²) in [5, 5.41) is 2.72. The summed E-state index contributed by atoms with van der Waals surface area (Å²) in [5.74, 6) is -0.814. The number of ether oxygens (including phenoxy) is 1. The molecular formula is C23H24F3N3O3. The predicted molar refractivity (Wildman–Crippen MR) is 111 cm³/mol. The van der Waals surface area contributed by atoms with Gasteiger partial charge in [0.1, 0.15) is 11.8 Å². The predicted octanol–water partition coefficient (Wildman–Crippen LogP) is 4.17. The van der Waals surface area contributed by atoms with E-state index < -0.39 is 18.3 Å². The minimum Gasteiger partial charge on any atom is -0.406 e. The largest absolute Gasteiger partial charge is 0.573 e. The van der Waals surface area contributed by atoms with Crippen LogP contribution in [0.1, 0.15) is 43.0 Å². The summed E-state index contributed by atoms with van der Waals surface area (Å²) < 4.78 is 40.7. The van der Waals surface area contributed by atoms with Crippen LogP contribution in [-0.2, 0) is 4.79 Å². The zero-order valence-corrected chi connectivity index (χ0v) is 17.6. The highest BCUT2D eigenvalue weighted by Gasteiger charge is 2.45. The minimum absolute atomic E-state index is 0.0837. The maximum Gasteiger partial charge on any atom is 0.573 e. The van der Waals surface area contributed by atoms with Crippen molar-refractivity contribution in [1.29, 1.82) is 0 Å². The standard InChI is InChI=1S/C23H24F3N3O3/c1-15(21(31)29-12-10-22(8-9-22)11-13-29)28-20(30)17-4-7-19(27-14-17)16-2-5-18(6-3-16)32-23(24,25)26/h2-7,14-15H,8-13H2,1H3,(H,28,30)/t15-/m0/s1. The van der Waals surface area contributed by atoms with Crippen LogP contribution < -0.4 is 10.1 Å². The molecule has 1 aromatic heterocycles. The van der Waals surface area contributed by atoms with Gasteiger partial charge < -0.3 is 15.0 Å². The first-order valence-electron chi connectivity index (χ1n) is 10.6. The monoisotopic (exact) mass is 447 g/mol. The molecule has 0 unspecified atom stereocenters. The zero-order chi connectivity index (χ0) is 22.9. The van der Waals surface area contributed by atoms with E-state index in [1.165, 1.54) is 43.3 Å². The van der Waals surface area contributed by atoms with Crippen molar-refractivity contribution >= 4 is 11.8 Å². The van der Waals surface area contributed by atoms with Crippen LogP contribution in [0.2, 0.25) is 0 Å². The highest BCUT2D eigenvalue weighted by molar-refractivity contribution is 5.97. The van der Waals surface area contributed by atoms with Gasteiger partial charge in [-0.05, 0) is 74.4 Å². The molecule has 170 valence electrons. The fraction of sp³-hybridized carbons (Fsp3) is 0.435. The molecule has 0 radical (unpaired) electrons. The molecular weight excluding hydrogens is 423 g/mol. The van der Waals surface area contributed by atoms with Crippen LogP contribution in [0.25, 0.3) is 11.3 Å². The van der Waals surface area contributed by atoms with Gasteiger partial charge in [0.2, 0.25) is 5.91 Å². The number of carbonyl (C=O) groups excluding carboxylic acids is 2. The van der Waals surface area contributed by atoms with Crippen molar-refractivity contribution in [3.05, 3.63) is 48.2 Å². The first kappa shape index (κ1) is 22.1. The molecule has 1 saturated carbocycles. The lowest BCUT2D eigenvalue weighted by Crippen LogP contribution is -2.49. The third-order valence-corrected chi connectivity index (χ3v) is 6.22. The van der Waals surface area contributed by atoms with Crippen molar-refractivity contribution < 1.29 is 27.5 Å². The molecule has 2 amide bonds. The number of pyridine rings is 1. The summed E-state index contributed by atoms with van der Waals surface area (Å²) in [7, 11) is 0. The molecule has 1 saturated heterocycles. The van der Waals surface area contributed by atoms with Crippen LogP contribution in [0.5, 0.6) is 5.75 Å². The molecule has 2 aliphatic rings. The molecule has 2 aromatic rings. The Bertz CT molecular complexity index is 976. The first-order chi connectivity index (χ1) is 15.1. The number of halogens is 3. The molecule has 9 heteroatoms. The van der Waals surface area contributed by atoms with Gasteiger partial charge >= 0.3 is 6.36 Å². The number of nitrogens with one attached hydrogen (secondary N) is 1. The number of hydrogen-bond donors (Lipinski definition) is 1. The van der Waals surface area contributed by atoms with Crippen LogP contribution in [0.3, 0.4) is 0 Å². The maximum atomic E-state index is 12.7. The van der Waals surface area contributed by atoms with Gasteiger partial charge in [0.05, 0.1) is 11.3 Å². The Balaban J connectivity index is 1.33. The molecule has 1 spiro atoms. The van der Waals surface area contributed by atoms with Crippen LogP contribution >= 0.6 is 0 Å². The summed E-state index contributed by atoms with van der Waals surface area (Å²) in [6.07, 6.45) is 1.22. The Morgan fingerprint density at radius 2 is 1.72 bits per heavy atom. The summed E-state index contributed by atoms with van der Waals surface area (Å²) in [6, 6.07) is 7.82. The molecule has 0 bridgehead atoms. The van der Waals surface area contributed by atoms with E-state index in [4.69, 9.17) is 0 Å². The smallest absolute Gasteiger partial charge is 0.406 e. The van der Waals surface area contributed by atoms with E-state index in [0.717, 1.165) is 25.9 Å². The summed E-state index contributed by atoms with van der Waals surface area (Å²) in [6.45, 7) is 3.15. The third kappa shape index (κ3) is 5.20. The number of piperidine rings is 1. The molecule has 2 heterocycles. The van der Waals surface area contributed by atoms with E-state index in [1.54, 1.807) is 19.1 Å². The van der Waals surface area contributed by atoms with Gasteiger partial charge in [0.15, 0.2) is 0 Å². The number of aromatic nitrogens is 1. The molecule has 1 aromatic carbocycles. The maximum absolute atomic E-state index is 12.7. The number of likely N-dealkylation sites (tertiary alicyclic amines) is 1. The van der Waals surface area contributed by atoms with Gasteiger partial charge in [-0.2, -0.15) is 0 Å². The van der Waals surface area contributed by atoms with Crippen molar-refractivity contribution in [2.75, 3.05) is 13.1 Å². The van der Waals surface area contributed by atoms with E-state index in [9.17, 15) is 22.8 Å². The van der Waals surface area contributed by atoms with Crippen molar-refractivity contribution in [3.8, 4) is 17.0 Å². The second-order valence-electron chi connectivity index (χ2n) is 8.52. The fourth-order valence-corrected chi connectivity index (χ4v) is 4.02. The van der Waals surface area contributed by atoms with Crippen molar-refractivity contribution in [3.63, 3.8) is 0 Å². The van der Waals surface area contributed by atoms with E-state index in [2.05, 4.69) is 15.0 Å². The second kappa shape index (κ2) is 8.44. The van der Waals surface area contributed by atoms with E-state index in [1.807, 2.05) is 4.90 Å². The minimum atomic E-state index is -4.75. The molecule has 1 atom stereocenters. The molecule has 32 heavy (non-hydrogen) atoms. The Kier molecular flexibility index (Phi) is 5.83. The number of benzene rings is 1. The number of nitrogens with zero attached hydrogens (tertiary/aromatic N) is 2. The number of hydrogen-bond acceptors (Lipinski definition) is 4. The fourth-order valence-electron chi connectivity index (χ4n) is 4.02. The first-order valence-corrected chi connectivity index (χ1v) is 10.6. The summed E-state index contributed by atoms with van der Waals surface area (Å²) in [5.41, 5.74) is 1.84. The number of alkyl halides is 3. The van der Waals surface area contributed by atoms with Gasteiger partial charge in [-0.3, -0.25) is 14.6 Å². The van der Waals surface area contributed by atoms with E-state index in [0.29, 0.717) is 22.2 Å². The van der Waals surface area contributed by atoms with E-state index in [-0.39, 0.29) is 11.7 Å². The highest BCUT2D eigenvalue weighted by atomic mass is 19.4. The average Bonchev–Trinajstić information content (AvgIpc) is 3.52. The van der Waals surface area contributed by atoms with Crippen LogP contribution in [0.4, 0.5) is 13.2 Å². The number of amides is 2. The third-order valence-electron chi connectivity index (χ3n) is 6.22. The van der Waals surface area contributed by atoms with Gasteiger partial charge in [-0.25, -0.2) is 0 Å². The lowest BCUT2D eigenvalue weighted by atomic mass is 9.93. The second-order valence-corrected chi connectivity index (χ2v) is 8.52. The SMILES string of the molecule is C[C@H](NC(=O)c1ccc(-c2ccc(OC(F)(F)F)cc2)nc1)C(=O)N1CCC2(CC1)CC2. The summed E-state index contributed by atoms with van der Waals surface area (Å²) >= 11 is 0. The van der Waals surface area contributed by atoms with Crippen LogP contribution in [-0.4, -0.2) is 47.2 Å². The molecule has 1 N–H and O–H groups in total. The number of rotatable bonds is 5. The van der Waals surface area contributed by atoms with Gasteiger partial charge in [-0.1, -0.05) is 0 Å². The highest BCUT2D eigenvalue weighted by Crippen LogP contribution is 2.53. The molecule has 6 nitrogen and oxygen atoms in total. The van der Waals surface area contributed by atoms with Crippen molar-refractivity contribution in [1.82, 2.24) is 15.2 Å². The Morgan fingerprint density at radius 3 is 2.25 bits per heavy atom. The molecule has 1 aliphatic carbocycles. The zero-order valence-electron chi connectivity index (χ0n) is 17.6. The quantitative estimate of drug-likeness (QED) is 0.747. The van der Waals surface area contributed by atoms with Crippen LogP contribution in [0, 0.1) is 5.41 Å². The Hall–Kier alpha value is -3.10. The molecule has 2 fully saturated rings. The van der Waals surface area contributed by atoms with Crippen molar-refractivity contribution in [2.45, 2.75) is 45.0 Å². The lowest BCUT2D eigenvalue weighted by Gasteiger charge is -2.33. The van der Waals surface area contributed by atoms with Gasteiger partial charge in [-0.15, -0.1) is 13.2 Å². The van der Waals surface area contributed by atoms with E-state index >= 15 is 0 Å². The lowest BCUT2D eigenvalue weighted by molar-refractivity contribution is -0.274. The van der Waals surface area contributed by atoms with Crippen LogP contribution in [0.15, 0.2) is 42.6 Å². The average molecular weight is 447 g/mol. The van der Waals surface area contributed by atoms with Gasteiger partial charge in [0.25, 0.3) is 5.91 Å². The van der Waals surface area contributed by atoms with Gasteiger partial charge in [0, 0.05) is 24.8 Å². The molecule has 1 aliphatic heterocycles. The Morgan fingerprint density at radius 1 is 1.06 bits per heavy atom. The Labute approximate surface area is 183 Å². The topological polar surface area (TPSA) is 71.5 Å². The van der Waals surface area contributed by atoms with Crippen molar-refractivity contribution in [2.24, 2.45) is 5.41 Å². The summed E-state index contributed by atoms with van der Waals surface area (Å²) in [4.78, 5) is 31.2. The normalized spacial score (nSPS) is 18.2.